The lowest BCUT2D eigenvalue weighted by molar-refractivity contribution is 0.102. The second kappa shape index (κ2) is 7.68. The molecule has 0 aromatic heterocycles. The topological polar surface area (TPSA) is 67.6 Å². The van der Waals surface area contributed by atoms with Crippen LogP contribution in [-0.2, 0) is 0 Å². The predicted octanol–water partition coefficient (Wildman–Crippen LogP) is 4.22. The number of aryl methyl sites for hydroxylation is 1. The van der Waals surface area contributed by atoms with Gasteiger partial charge in [-0.15, -0.1) is 0 Å². The largest absolute Gasteiger partial charge is 0.497 e. The van der Waals surface area contributed by atoms with Gasteiger partial charge in [0.25, 0.3) is 5.91 Å². The molecule has 1 amide bonds. The van der Waals surface area contributed by atoms with Crippen molar-refractivity contribution in [2.75, 3.05) is 29.6 Å². The van der Waals surface area contributed by atoms with Crippen LogP contribution in [0.4, 0.5) is 17.1 Å². The van der Waals surface area contributed by atoms with Crippen molar-refractivity contribution in [2.24, 2.45) is 0 Å². The molecule has 0 bridgehead atoms. The quantitative estimate of drug-likeness (QED) is 0.808. The molecule has 1 unspecified atom stereocenters. The number of nitrogen functional groups attached to an aromatic ring is 1. The number of rotatable bonds is 4. The van der Waals surface area contributed by atoms with E-state index in [1.807, 2.05) is 12.1 Å². The van der Waals surface area contributed by atoms with Crippen LogP contribution < -0.4 is 20.7 Å². The van der Waals surface area contributed by atoms with Gasteiger partial charge in [0.05, 0.1) is 18.5 Å². The van der Waals surface area contributed by atoms with E-state index in [0.29, 0.717) is 23.0 Å². The van der Waals surface area contributed by atoms with Crippen LogP contribution in [0.3, 0.4) is 0 Å². The first-order valence-electron chi connectivity index (χ1n) is 9.11. The molecule has 0 saturated carbocycles. The van der Waals surface area contributed by atoms with Gasteiger partial charge < -0.3 is 20.7 Å². The van der Waals surface area contributed by atoms with E-state index < -0.39 is 0 Å². The van der Waals surface area contributed by atoms with Gasteiger partial charge in [-0.1, -0.05) is 0 Å². The van der Waals surface area contributed by atoms with Crippen LogP contribution in [0.5, 0.6) is 5.75 Å². The van der Waals surface area contributed by atoms with E-state index in [9.17, 15) is 4.79 Å². The lowest BCUT2D eigenvalue weighted by Gasteiger charge is -2.36. The fraction of sp³-hybridized carbons (Fsp3) is 0.381. The van der Waals surface area contributed by atoms with Gasteiger partial charge in [-0.05, 0) is 75.1 Å². The summed E-state index contributed by atoms with van der Waals surface area (Å²) < 4.78 is 5.14. The van der Waals surface area contributed by atoms with Crippen LogP contribution in [0.2, 0.25) is 0 Å². The Balaban J connectivity index is 1.84. The first-order valence-corrected chi connectivity index (χ1v) is 9.11. The minimum absolute atomic E-state index is 0.180. The number of carbonyl (C=O) groups excluding carboxylic acids is 1. The highest BCUT2D eigenvalue weighted by Crippen LogP contribution is 2.33. The average molecular weight is 353 g/mol. The number of hydrogen-bond donors (Lipinski definition) is 2. The SMILES string of the molecule is COc1ccc(C(=O)Nc2cc(N3CCCCC3C)c(C)cc2N)cc1. The maximum absolute atomic E-state index is 12.6. The van der Waals surface area contributed by atoms with E-state index in [0.717, 1.165) is 23.5 Å². The van der Waals surface area contributed by atoms with E-state index in [4.69, 9.17) is 10.5 Å². The third-order valence-electron chi connectivity index (χ3n) is 5.08. The van der Waals surface area contributed by atoms with Crippen LogP contribution in [0.25, 0.3) is 0 Å². The van der Waals surface area contributed by atoms with Gasteiger partial charge in [0.15, 0.2) is 0 Å². The number of hydrogen-bond acceptors (Lipinski definition) is 4. The zero-order valence-electron chi connectivity index (χ0n) is 15.7. The Kier molecular flexibility index (Phi) is 5.35. The van der Waals surface area contributed by atoms with E-state index in [-0.39, 0.29) is 5.91 Å². The molecule has 3 rings (SSSR count). The lowest BCUT2D eigenvalue weighted by atomic mass is 10.0. The van der Waals surface area contributed by atoms with E-state index in [1.165, 1.54) is 19.3 Å². The fourth-order valence-corrected chi connectivity index (χ4v) is 3.53. The first-order chi connectivity index (χ1) is 12.5. The summed E-state index contributed by atoms with van der Waals surface area (Å²) in [7, 11) is 1.60. The summed E-state index contributed by atoms with van der Waals surface area (Å²) >= 11 is 0. The number of ether oxygens (including phenoxy) is 1. The maximum atomic E-state index is 12.6. The van der Waals surface area contributed by atoms with Gasteiger partial charge in [-0.3, -0.25) is 4.79 Å². The van der Waals surface area contributed by atoms with Gasteiger partial charge in [-0.2, -0.15) is 0 Å². The van der Waals surface area contributed by atoms with Crippen molar-refractivity contribution in [2.45, 2.75) is 39.2 Å². The average Bonchev–Trinajstić information content (AvgIpc) is 2.64. The highest BCUT2D eigenvalue weighted by Gasteiger charge is 2.21. The lowest BCUT2D eigenvalue weighted by Crippen LogP contribution is -2.37. The van der Waals surface area contributed by atoms with Gasteiger partial charge in [0, 0.05) is 23.8 Å². The Bertz CT molecular complexity index is 787. The van der Waals surface area contributed by atoms with Crippen molar-refractivity contribution in [3.05, 3.63) is 47.5 Å². The molecular weight excluding hydrogens is 326 g/mol. The van der Waals surface area contributed by atoms with Gasteiger partial charge in [-0.25, -0.2) is 0 Å². The molecule has 2 aromatic carbocycles. The Morgan fingerprint density at radius 2 is 1.96 bits per heavy atom. The van der Waals surface area contributed by atoms with E-state index in [2.05, 4.69) is 24.1 Å². The Labute approximate surface area is 155 Å². The zero-order chi connectivity index (χ0) is 18.7. The molecule has 0 spiro atoms. The van der Waals surface area contributed by atoms with Crippen molar-refractivity contribution >= 4 is 23.0 Å². The number of carbonyl (C=O) groups is 1. The smallest absolute Gasteiger partial charge is 0.255 e. The summed E-state index contributed by atoms with van der Waals surface area (Å²) in [5.41, 5.74) is 10.3. The minimum Gasteiger partial charge on any atom is -0.497 e. The zero-order valence-corrected chi connectivity index (χ0v) is 15.7. The van der Waals surface area contributed by atoms with Crippen molar-refractivity contribution in [3.8, 4) is 5.75 Å². The molecular formula is C21H27N3O2. The monoisotopic (exact) mass is 353 g/mol. The number of piperidine rings is 1. The number of nitrogens with one attached hydrogen (secondary N) is 1. The molecule has 0 radical (unpaired) electrons. The van der Waals surface area contributed by atoms with Crippen LogP contribution in [0, 0.1) is 6.92 Å². The molecule has 3 N–H and O–H groups in total. The molecule has 1 atom stereocenters. The van der Waals surface area contributed by atoms with Crippen molar-refractivity contribution in [1.82, 2.24) is 0 Å². The second-order valence-corrected chi connectivity index (χ2v) is 6.95. The third-order valence-corrected chi connectivity index (χ3v) is 5.08. The third kappa shape index (κ3) is 3.77. The van der Waals surface area contributed by atoms with Crippen molar-refractivity contribution in [3.63, 3.8) is 0 Å². The second-order valence-electron chi connectivity index (χ2n) is 6.95. The van der Waals surface area contributed by atoms with Gasteiger partial charge in [0.2, 0.25) is 0 Å². The number of nitrogens with two attached hydrogens (primary N) is 1. The summed E-state index contributed by atoms with van der Waals surface area (Å²) in [5, 5.41) is 2.95. The van der Waals surface area contributed by atoms with Gasteiger partial charge in [0.1, 0.15) is 5.75 Å². The van der Waals surface area contributed by atoms with Crippen LogP contribution >= 0.6 is 0 Å². The Morgan fingerprint density at radius 3 is 2.62 bits per heavy atom. The number of nitrogens with zero attached hydrogens (tertiary/aromatic N) is 1. The molecule has 1 heterocycles. The van der Waals surface area contributed by atoms with Crippen molar-refractivity contribution in [1.29, 1.82) is 0 Å². The highest BCUT2D eigenvalue weighted by molar-refractivity contribution is 6.06. The highest BCUT2D eigenvalue weighted by atomic mass is 16.5. The van der Waals surface area contributed by atoms with Crippen LogP contribution in [0.15, 0.2) is 36.4 Å². The number of amides is 1. The normalized spacial score (nSPS) is 17.0. The molecule has 1 aliphatic heterocycles. The minimum atomic E-state index is -0.180. The summed E-state index contributed by atoms with van der Waals surface area (Å²) in [6.45, 7) is 5.37. The van der Waals surface area contributed by atoms with Crippen LogP contribution in [0.1, 0.15) is 42.1 Å². The molecule has 1 aliphatic rings. The van der Waals surface area contributed by atoms with Gasteiger partial charge >= 0.3 is 0 Å². The molecule has 26 heavy (non-hydrogen) atoms. The maximum Gasteiger partial charge on any atom is 0.255 e. The van der Waals surface area contributed by atoms with Crippen LogP contribution in [-0.4, -0.2) is 25.6 Å². The molecule has 1 fully saturated rings. The summed E-state index contributed by atoms with van der Waals surface area (Å²) in [4.78, 5) is 15.0. The first kappa shape index (κ1) is 18.1. The molecule has 5 nitrogen and oxygen atoms in total. The summed E-state index contributed by atoms with van der Waals surface area (Å²) in [6.07, 6.45) is 3.66. The number of anilines is 3. The summed E-state index contributed by atoms with van der Waals surface area (Å²) in [5.74, 6) is 0.540. The molecule has 1 saturated heterocycles. The van der Waals surface area contributed by atoms with E-state index in [1.54, 1.807) is 31.4 Å². The fourth-order valence-electron chi connectivity index (χ4n) is 3.53. The van der Waals surface area contributed by atoms with Crippen molar-refractivity contribution < 1.29 is 9.53 Å². The molecule has 0 aliphatic carbocycles. The number of benzene rings is 2. The molecule has 138 valence electrons. The Hall–Kier alpha value is -2.69. The Morgan fingerprint density at radius 1 is 1.23 bits per heavy atom. The molecule has 5 heteroatoms. The molecule has 2 aromatic rings. The predicted molar refractivity (Wildman–Crippen MR) is 107 cm³/mol. The number of methoxy groups -OCH3 is 1. The standard InChI is InChI=1S/C21H27N3O2/c1-14-12-18(22)19(13-20(14)24-11-5-4-6-15(24)2)23-21(25)16-7-9-17(26-3)10-8-16/h7-10,12-13,15H,4-6,11,22H2,1-3H3,(H,23,25). The summed E-state index contributed by atoms with van der Waals surface area (Å²) in [6, 6.07) is 11.5. The van der Waals surface area contributed by atoms with E-state index >= 15 is 0 Å².